The number of hydrogen-bond acceptors (Lipinski definition) is 6. The Morgan fingerprint density at radius 3 is 2.64 bits per heavy atom. The molecule has 1 aromatic carbocycles. The molecule has 11 heteroatoms. The maximum absolute atomic E-state index is 13.9. The highest BCUT2D eigenvalue weighted by molar-refractivity contribution is 5.97. The largest absolute Gasteiger partial charge is 0.476 e. The summed E-state index contributed by atoms with van der Waals surface area (Å²) in [5.74, 6) is -2.43. The second-order valence-electron chi connectivity index (χ2n) is 9.78. The molecule has 2 atom stereocenters. The van der Waals surface area contributed by atoms with E-state index in [0.29, 0.717) is 30.2 Å². The lowest BCUT2D eigenvalue weighted by Gasteiger charge is -2.30. The molecule has 0 fully saturated rings. The van der Waals surface area contributed by atoms with Gasteiger partial charge in [-0.1, -0.05) is 20.8 Å². The summed E-state index contributed by atoms with van der Waals surface area (Å²) in [6.07, 6.45) is 0.126. The van der Waals surface area contributed by atoms with Gasteiger partial charge in [0.15, 0.2) is 23.2 Å². The zero-order valence-corrected chi connectivity index (χ0v) is 21.4. The predicted octanol–water partition coefficient (Wildman–Crippen LogP) is 2.94. The van der Waals surface area contributed by atoms with Crippen molar-refractivity contribution < 1.29 is 27.8 Å². The van der Waals surface area contributed by atoms with Gasteiger partial charge in [0.1, 0.15) is 12.1 Å². The van der Waals surface area contributed by atoms with Gasteiger partial charge >= 0.3 is 0 Å². The third-order valence-corrected chi connectivity index (χ3v) is 5.84. The average Bonchev–Trinajstić information content (AvgIpc) is 3.21. The maximum atomic E-state index is 13.9. The summed E-state index contributed by atoms with van der Waals surface area (Å²) in [6, 6.07) is 2.55. The minimum absolute atomic E-state index is 0.0722. The molecule has 3 rings (SSSR count). The molecule has 0 bridgehead atoms. The molecule has 0 saturated carbocycles. The van der Waals surface area contributed by atoms with Crippen LogP contribution < -0.4 is 10.6 Å². The van der Waals surface area contributed by atoms with Crippen molar-refractivity contribution in [2.24, 2.45) is 10.4 Å². The second-order valence-corrected chi connectivity index (χ2v) is 9.78. The fourth-order valence-corrected chi connectivity index (χ4v) is 3.86. The van der Waals surface area contributed by atoms with Crippen LogP contribution in [0.2, 0.25) is 0 Å². The van der Waals surface area contributed by atoms with Gasteiger partial charge in [0.25, 0.3) is 5.91 Å². The third kappa shape index (κ3) is 6.26. The van der Waals surface area contributed by atoms with E-state index in [1.165, 1.54) is 10.7 Å². The zero-order chi connectivity index (χ0) is 26.6. The summed E-state index contributed by atoms with van der Waals surface area (Å²) in [5, 5.41) is 10.0. The van der Waals surface area contributed by atoms with E-state index in [9.17, 15) is 18.4 Å². The first-order chi connectivity index (χ1) is 16.9. The standard InChI is InChI=1S/C25H33F2N5O4/c1-14(36-15(2)28-6)12-29-24(34)22(25(3,4)5)30-23(33)21-17-13-35-10-9-20(17)32(31-21)16-7-8-18(26)19(27)11-16/h7-8,11,14,22H,9-10,12-13H2,1-6H3,(H,29,34)(H,30,33)/b28-15-/t14?,22-/m1/s1. The van der Waals surface area contributed by atoms with E-state index in [4.69, 9.17) is 9.47 Å². The number of halogens is 2. The van der Waals surface area contributed by atoms with Crippen LogP contribution >= 0.6 is 0 Å². The Morgan fingerprint density at radius 2 is 2.00 bits per heavy atom. The zero-order valence-electron chi connectivity index (χ0n) is 21.4. The molecule has 1 unspecified atom stereocenters. The van der Waals surface area contributed by atoms with E-state index in [0.717, 1.165) is 12.1 Å². The van der Waals surface area contributed by atoms with Crippen LogP contribution in [-0.2, 0) is 27.3 Å². The van der Waals surface area contributed by atoms with Crippen molar-refractivity contribution in [2.75, 3.05) is 20.2 Å². The summed E-state index contributed by atoms with van der Waals surface area (Å²) in [6.45, 7) is 9.80. The summed E-state index contributed by atoms with van der Waals surface area (Å²) < 4.78 is 39.9. The van der Waals surface area contributed by atoms with Crippen molar-refractivity contribution in [3.63, 3.8) is 0 Å². The minimum Gasteiger partial charge on any atom is -0.476 e. The van der Waals surface area contributed by atoms with Crippen LogP contribution in [0.5, 0.6) is 0 Å². The highest BCUT2D eigenvalue weighted by Crippen LogP contribution is 2.26. The Bertz CT molecular complexity index is 1160. The van der Waals surface area contributed by atoms with Crippen LogP contribution in [0.15, 0.2) is 23.2 Å². The highest BCUT2D eigenvalue weighted by Gasteiger charge is 2.35. The van der Waals surface area contributed by atoms with Gasteiger partial charge in [0.2, 0.25) is 5.91 Å². The Labute approximate surface area is 209 Å². The Morgan fingerprint density at radius 1 is 1.28 bits per heavy atom. The molecular formula is C25H33F2N5O4. The molecule has 1 aliphatic rings. The molecule has 2 amide bonds. The second kappa shape index (κ2) is 11.2. The highest BCUT2D eigenvalue weighted by atomic mass is 19.2. The number of aliphatic imine (C=N–C) groups is 1. The minimum atomic E-state index is -1.02. The number of amides is 2. The first-order valence-electron chi connectivity index (χ1n) is 11.7. The van der Waals surface area contributed by atoms with Gasteiger partial charge in [0, 0.05) is 32.0 Å². The maximum Gasteiger partial charge on any atom is 0.272 e. The van der Waals surface area contributed by atoms with Crippen molar-refractivity contribution in [1.82, 2.24) is 20.4 Å². The lowest BCUT2D eigenvalue weighted by molar-refractivity contribution is -0.125. The lowest BCUT2D eigenvalue weighted by Crippen LogP contribution is -2.54. The first-order valence-corrected chi connectivity index (χ1v) is 11.7. The normalized spacial score (nSPS) is 15.6. The number of nitrogens with zero attached hydrogens (tertiary/aromatic N) is 3. The quantitative estimate of drug-likeness (QED) is 0.445. The molecule has 2 N–H and O–H groups in total. The van der Waals surface area contributed by atoms with Crippen LogP contribution in [0, 0.1) is 17.0 Å². The number of nitrogens with one attached hydrogen (secondary N) is 2. The van der Waals surface area contributed by atoms with Gasteiger partial charge in [-0.25, -0.2) is 13.5 Å². The molecule has 0 radical (unpaired) electrons. The van der Waals surface area contributed by atoms with Crippen LogP contribution in [0.1, 0.15) is 56.4 Å². The Hall–Kier alpha value is -3.34. The molecule has 1 aromatic heterocycles. The molecule has 2 heterocycles. The number of hydrogen-bond donors (Lipinski definition) is 2. The fraction of sp³-hybridized carbons (Fsp3) is 0.520. The van der Waals surface area contributed by atoms with E-state index in [1.807, 2.05) is 20.8 Å². The third-order valence-electron chi connectivity index (χ3n) is 5.84. The van der Waals surface area contributed by atoms with Crippen molar-refractivity contribution in [1.29, 1.82) is 0 Å². The summed E-state index contributed by atoms with van der Waals surface area (Å²) in [7, 11) is 1.61. The number of carbonyl (C=O) groups is 2. The van der Waals surface area contributed by atoms with Crippen molar-refractivity contribution >= 4 is 17.7 Å². The van der Waals surface area contributed by atoms with E-state index >= 15 is 0 Å². The molecule has 0 aliphatic carbocycles. The van der Waals surface area contributed by atoms with Gasteiger partial charge in [0.05, 0.1) is 31.1 Å². The predicted molar refractivity (Wildman–Crippen MR) is 130 cm³/mol. The lowest BCUT2D eigenvalue weighted by atomic mass is 9.86. The number of benzene rings is 1. The van der Waals surface area contributed by atoms with Crippen LogP contribution in [0.25, 0.3) is 5.69 Å². The molecule has 196 valence electrons. The number of aromatic nitrogens is 2. The summed E-state index contributed by atoms with van der Waals surface area (Å²) in [4.78, 5) is 30.4. The van der Waals surface area contributed by atoms with Crippen LogP contribution in [0.4, 0.5) is 8.78 Å². The van der Waals surface area contributed by atoms with Gasteiger partial charge in [-0.3, -0.25) is 14.6 Å². The number of carbonyl (C=O) groups excluding carboxylic acids is 2. The molecular weight excluding hydrogens is 472 g/mol. The average molecular weight is 506 g/mol. The van der Waals surface area contributed by atoms with Gasteiger partial charge in [-0.05, 0) is 24.5 Å². The number of ether oxygens (including phenoxy) is 2. The SMILES string of the molecule is C/N=C(/C)OC(C)CNC(=O)[C@@H](NC(=O)c1nn(-c2ccc(F)c(F)c2)c2c1COCC2)C(C)(C)C. The van der Waals surface area contributed by atoms with Crippen molar-refractivity contribution in [2.45, 2.75) is 59.8 Å². The van der Waals surface area contributed by atoms with Gasteiger partial charge in [-0.15, -0.1) is 0 Å². The molecule has 1 aliphatic heterocycles. The van der Waals surface area contributed by atoms with E-state index in [-0.39, 0.29) is 36.5 Å². The van der Waals surface area contributed by atoms with Gasteiger partial charge < -0.3 is 20.1 Å². The number of rotatable bonds is 7. The van der Waals surface area contributed by atoms with Crippen LogP contribution in [-0.4, -0.2) is 59.8 Å². The topological polar surface area (TPSA) is 107 Å². The molecule has 9 nitrogen and oxygen atoms in total. The van der Waals surface area contributed by atoms with Crippen molar-refractivity contribution in [3.05, 3.63) is 46.8 Å². The van der Waals surface area contributed by atoms with Crippen LogP contribution in [0.3, 0.4) is 0 Å². The summed E-state index contributed by atoms with van der Waals surface area (Å²) in [5.41, 5.74) is 0.962. The van der Waals surface area contributed by atoms with E-state index < -0.39 is 29.0 Å². The Balaban J connectivity index is 1.84. The summed E-state index contributed by atoms with van der Waals surface area (Å²) >= 11 is 0. The molecule has 0 saturated heterocycles. The molecule has 2 aromatic rings. The van der Waals surface area contributed by atoms with Gasteiger partial charge in [-0.2, -0.15) is 5.10 Å². The monoisotopic (exact) mass is 505 g/mol. The van der Waals surface area contributed by atoms with Crippen molar-refractivity contribution in [3.8, 4) is 5.69 Å². The molecule has 36 heavy (non-hydrogen) atoms. The van der Waals surface area contributed by atoms with E-state index in [1.54, 1.807) is 20.9 Å². The van der Waals surface area contributed by atoms with E-state index in [2.05, 4.69) is 20.7 Å². The first kappa shape index (κ1) is 27.3. The number of fused-ring (bicyclic) bond motifs is 1. The molecule has 0 spiro atoms. The Kier molecular flexibility index (Phi) is 8.44. The fourth-order valence-electron chi connectivity index (χ4n) is 3.86. The smallest absolute Gasteiger partial charge is 0.272 e.